The zero-order valence-corrected chi connectivity index (χ0v) is 10.4. The Hall–Kier alpha value is -2.08. The molecular weight excluding hydrogens is 248 g/mol. The van der Waals surface area contributed by atoms with Gasteiger partial charge in [-0.05, 0) is 11.6 Å². The maximum Gasteiger partial charge on any atom is 0.253 e. The SMILES string of the molecule is CN1C(=O)C2Cc3cccc(O)c3N2C(=O)C1CO. The lowest BCUT2D eigenvalue weighted by Gasteiger charge is -2.39. The van der Waals surface area contributed by atoms with Crippen LogP contribution in [-0.2, 0) is 16.0 Å². The molecule has 1 aromatic rings. The number of carbonyl (C=O) groups excluding carboxylic acids is 2. The van der Waals surface area contributed by atoms with Gasteiger partial charge in [-0.25, -0.2) is 0 Å². The van der Waals surface area contributed by atoms with Crippen molar-refractivity contribution in [1.82, 2.24) is 4.90 Å². The molecule has 100 valence electrons. The van der Waals surface area contributed by atoms with Crippen LogP contribution in [0.1, 0.15) is 5.56 Å². The van der Waals surface area contributed by atoms with Crippen LogP contribution in [0.2, 0.25) is 0 Å². The van der Waals surface area contributed by atoms with Crippen LogP contribution in [0.4, 0.5) is 5.69 Å². The quantitative estimate of drug-likeness (QED) is 0.714. The molecule has 2 N–H and O–H groups in total. The first-order valence-corrected chi connectivity index (χ1v) is 6.07. The van der Waals surface area contributed by atoms with E-state index in [1.807, 2.05) is 0 Å². The third-order valence-corrected chi connectivity index (χ3v) is 3.86. The normalized spacial score (nSPS) is 25.6. The van der Waals surface area contributed by atoms with Gasteiger partial charge in [0, 0.05) is 13.5 Å². The Balaban J connectivity index is 2.12. The van der Waals surface area contributed by atoms with E-state index in [9.17, 15) is 19.8 Å². The molecule has 2 unspecified atom stereocenters. The summed E-state index contributed by atoms with van der Waals surface area (Å²) >= 11 is 0. The van der Waals surface area contributed by atoms with E-state index in [0.29, 0.717) is 12.1 Å². The molecule has 1 aromatic carbocycles. The molecule has 19 heavy (non-hydrogen) atoms. The van der Waals surface area contributed by atoms with Crippen LogP contribution in [0.25, 0.3) is 0 Å². The second-order valence-corrected chi connectivity index (χ2v) is 4.86. The number of nitrogens with zero attached hydrogens (tertiary/aromatic N) is 2. The van der Waals surface area contributed by atoms with Gasteiger partial charge in [-0.15, -0.1) is 0 Å². The van der Waals surface area contributed by atoms with Crippen molar-refractivity contribution in [3.05, 3.63) is 23.8 Å². The number of fused-ring (bicyclic) bond motifs is 3. The summed E-state index contributed by atoms with van der Waals surface area (Å²) in [6.45, 7) is -0.423. The summed E-state index contributed by atoms with van der Waals surface area (Å²) in [6, 6.07) is 3.49. The van der Waals surface area contributed by atoms with Crippen LogP contribution in [0.3, 0.4) is 0 Å². The summed E-state index contributed by atoms with van der Waals surface area (Å²) < 4.78 is 0. The number of amides is 2. The third-order valence-electron chi connectivity index (χ3n) is 3.86. The number of rotatable bonds is 1. The molecule has 2 amide bonds. The number of phenolic OH excluding ortho intramolecular Hbond substituents is 1. The number of benzene rings is 1. The fourth-order valence-corrected chi connectivity index (χ4v) is 2.85. The molecule has 2 atom stereocenters. The number of carbonyl (C=O) groups is 2. The summed E-state index contributed by atoms with van der Waals surface area (Å²) in [4.78, 5) is 27.2. The number of anilines is 1. The maximum atomic E-state index is 12.4. The first kappa shape index (κ1) is 12.0. The number of likely N-dealkylation sites (N-methyl/N-ethyl adjacent to an activating group) is 1. The Morgan fingerprint density at radius 2 is 2.05 bits per heavy atom. The van der Waals surface area contributed by atoms with Crippen molar-refractivity contribution >= 4 is 17.5 Å². The molecule has 6 heteroatoms. The Morgan fingerprint density at radius 1 is 1.32 bits per heavy atom. The van der Waals surface area contributed by atoms with Crippen LogP contribution in [0.15, 0.2) is 18.2 Å². The number of phenols is 1. The highest BCUT2D eigenvalue weighted by Gasteiger charge is 2.49. The summed E-state index contributed by atoms with van der Waals surface area (Å²) in [5, 5.41) is 19.2. The Labute approximate surface area is 109 Å². The average molecular weight is 262 g/mol. The Kier molecular flexibility index (Phi) is 2.50. The zero-order chi connectivity index (χ0) is 13.7. The number of piperazine rings is 1. The maximum absolute atomic E-state index is 12.4. The summed E-state index contributed by atoms with van der Waals surface area (Å²) in [5.41, 5.74) is 1.18. The molecule has 0 bridgehead atoms. The van der Waals surface area contributed by atoms with Crippen LogP contribution in [0.5, 0.6) is 5.75 Å². The highest BCUT2D eigenvalue weighted by molar-refractivity contribution is 6.11. The number of hydrogen-bond donors (Lipinski definition) is 2. The van der Waals surface area contributed by atoms with Crippen molar-refractivity contribution in [3.8, 4) is 5.75 Å². The number of para-hydroxylation sites is 1. The number of aliphatic hydroxyl groups is 1. The highest BCUT2D eigenvalue weighted by Crippen LogP contribution is 2.41. The van der Waals surface area contributed by atoms with E-state index in [0.717, 1.165) is 5.56 Å². The van der Waals surface area contributed by atoms with E-state index in [-0.39, 0.29) is 17.6 Å². The summed E-state index contributed by atoms with van der Waals surface area (Å²) in [6.07, 6.45) is 0.400. The van der Waals surface area contributed by atoms with Crippen molar-refractivity contribution < 1.29 is 19.8 Å². The van der Waals surface area contributed by atoms with Gasteiger partial charge in [0.1, 0.15) is 17.8 Å². The molecule has 1 saturated heterocycles. The third kappa shape index (κ3) is 1.46. The number of aliphatic hydroxyl groups excluding tert-OH is 1. The lowest BCUT2D eigenvalue weighted by molar-refractivity contribution is -0.145. The lowest BCUT2D eigenvalue weighted by Crippen LogP contribution is -2.63. The zero-order valence-electron chi connectivity index (χ0n) is 10.4. The second-order valence-electron chi connectivity index (χ2n) is 4.86. The van der Waals surface area contributed by atoms with E-state index in [4.69, 9.17) is 0 Å². The van der Waals surface area contributed by atoms with Crippen molar-refractivity contribution in [2.75, 3.05) is 18.6 Å². The van der Waals surface area contributed by atoms with Crippen molar-refractivity contribution in [2.24, 2.45) is 0 Å². The van der Waals surface area contributed by atoms with E-state index >= 15 is 0 Å². The molecule has 2 aliphatic rings. The number of aromatic hydroxyl groups is 1. The summed E-state index contributed by atoms with van der Waals surface area (Å²) in [7, 11) is 1.52. The molecule has 2 heterocycles. The van der Waals surface area contributed by atoms with Crippen LogP contribution < -0.4 is 4.90 Å². The summed E-state index contributed by atoms with van der Waals surface area (Å²) in [5.74, 6) is -0.577. The predicted octanol–water partition coefficient (Wildman–Crippen LogP) is -0.517. The minimum absolute atomic E-state index is 0.0117. The Morgan fingerprint density at radius 3 is 2.74 bits per heavy atom. The van der Waals surface area contributed by atoms with Crippen LogP contribution in [-0.4, -0.2) is 52.7 Å². The van der Waals surface area contributed by atoms with E-state index in [1.54, 1.807) is 12.1 Å². The monoisotopic (exact) mass is 262 g/mol. The standard InChI is InChI=1S/C13H14N2O4/c1-14-9(6-16)13(19)15-8(12(14)18)5-7-3-2-4-10(17)11(7)15/h2-4,8-9,16-17H,5-6H2,1H3. The molecule has 0 spiro atoms. The van der Waals surface area contributed by atoms with Crippen molar-refractivity contribution in [1.29, 1.82) is 0 Å². The molecule has 0 aliphatic carbocycles. The van der Waals surface area contributed by atoms with Gasteiger partial charge in [0.05, 0.1) is 12.3 Å². The topological polar surface area (TPSA) is 81.1 Å². The first-order chi connectivity index (χ1) is 9.06. The largest absolute Gasteiger partial charge is 0.506 e. The first-order valence-electron chi connectivity index (χ1n) is 6.07. The average Bonchev–Trinajstić information content (AvgIpc) is 2.78. The van der Waals surface area contributed by atoms with Gasteiger partial charge in [0.15, 0.2) is 0 Å². The van der Waals surface area contributed by atoms with E-state index in [2.05, 4.69) is 0 Å². The second kappa shape index (κ2) is 3.96. The smallest absolute Gasteiger partial charge is 0.253 e. The molecule has 0 aromatic heterocycles. The minimum atomic E-state index is -0.880. The fourth-order valence-electron chi connectivity index (χ4n) is 2.85. The van der Waals surface area contributed by atoms with E-state index < -0.39 is 18.7 Å². The van der Waals surface area contributed by atoms with Gasteiger partial charge in [0.25, 0.3) is 5.91 Å². The van der Waals surface area contributed by atoms with E-state index in [1.165, 1.54) is 22.9 Å². The number of hydrogen-bond acceptors (Lipinski definition) is 4. The molecule has 6 nitrogen and oxygen atoms in total. The lowest BCUT2D eigenvalue weighted by atomic mass is 10.1. The van der Waals surface area contributed by atoms with Gasteiger partial charge in [-0.2, -0.15) is 0 Å². The van der Waals surface area contributed by atoms with Crippen LogP contribution >= 0.6 is 0 Å². The molecule has 0 radical (unpaired) electrons. The molecule has 2 aliphatic heterocycles. The molecule has 0 saturated carbocycles. The van der Waals surface area contributed by atoms with Crippen LogP contribution in [0, 0.1) is 0 Å². The molecule has 3 rings (SSSR count). The molecular formula is C13H14N2O4. The van der Waals surface area contributed by atoms with Gasteiger partial charge in [-0.1, -0.05) is 12.1 Å². The molecule has 1 fully saturated rings. The van der Waals surface area contributed by atoms with Gasteiger partial charge < -0.3 is 15.1 Å². The van der Waals surface area contributed by atoms with Gasteiger partial charge in [0.2, 0.25) is 5.91 Å². The van der Waals surface area contributed by atoms with Crippen molar-refractivity contribution in [2.45, 2.75) is 18.5 Å². The fraction of sp³-hybridized carbons (Fsp3) is 0.385. The Bertz CT molecular complexity index is 572. The van der Waals surface area contributed by atoms with Crippen molar-refractivity contribution in [3.63, 3.8) is 0 Å². The minimum Gasteiger partial charge on any atom is -0.506 e. The van der Waals surface area contributed by atoms with Gasteiger partial charge >= 0.3 is 0 Å². The highest BCUT2D eigenvalue weighted by atomic mass is 16.3. The predicted molar refractivity (Wildman–Crippen MR) is 66.7 cm³/mol. The van der Waals surface area contributed by atoms with Gasteiger partial charge in [-0.3, -0.25) is 14.5 Å².